The molecule has 0 saturated heterocycles. The third-order valence-corrected chi connectivity index (χ3v) is 5.37. The van der Waals surface area contributed by atoms with Gasteiger partial charge in [0.05, 0.1) is 23.4 Å². The molecule has 1 aromatic carbocycles. The average Bonchev–Trinajstić information content (AvgIpc) is 3.26. The van der Waals surface area contributed by atoms with Gasteiger partial charge < -0.3 is 15.0 Å². The molecule has 0 aliphatic rings. The summed E-state index contributed by atoms with van der Waals surface area (Å²) in [6.07, 6.45) is 7.65. The molecule has 0 unspecified atom stereocenters. The predicted molar refractivity (Wildman–Crippen MR) is 130 cm³/mol. The molecule has 7 nitrogen and oxygen atoms in total. The normalized spacial score (nSPS) is 12.5. The largest absolute Gasteiger partial charge is 0.444 e. The number of H-pyrrole nitrogens is 1. The molecule has 0 bridgehead atoms. The fourth-order valence-electron chi connectivity index (χ4n) is 3.65. The number of imidazole rings is 1. The highest BCUT2D eigenvalue weighted by molar-refractivity contribution is 5.83. The van der Waals surface area contributed by atoms with Crippen LogP contribution in [0.2, 0.25) is 0 Å². The van der Waals surface area contributed by atoms with Gasteiger partial charge in [-0.2, -0.15) is 0 Å². The van der Waals surface area contributed by atoms with Crippen LogP contribution in [0.3, 0.4) is 0 Å². The van der Waals surface area contributed by atoms with Crippen molar-refractivity contribution >= 4 is 22.8 Å². The second-order valence-electron chi connectivity index (χ2n) is 9.28. The van der Waals surface area contributed by atoms with Crippen molar-refractivity contribution in [2.45, 2.75) is 77.9 Å². The molecule has 0 aliphatic heterocycles. The lowest BCUT2D eigenvalue weighted by Gasteiger charge is -2.23. The number of hydrogen-bond acceptors (Lipinski definition) is 5. The van der Waals surface area contributed by atoms with Gasteiger partial charge in [0.15, 0.2) is 0 Å². The molecule has 2 N–H and O–H groups in total. The molecule has 0 fully saturated rings. The van der Waals surface area contributed by atoms with E-state index in [2.05, 4.69) is 26.3 Å². The maximum absolute atomic E-state index is 12.5. The van der Waals surface area contributed by atoms with Crippen LogP contribution < -0.4 is 5.32 Å². The monoisotopic (exact) mass is 450 g/mol. The number of aromatic nitrogens is 3. The van der Waals surface area contributed by atoms with Gasteiger partial charge in [-0.05, 0) is 51.8 Å². The summed E-state index contributed by atoms with van der Waals surface area (Å²) in [6, 6.07) is 9.70. The molecule has 3 aromatic rings. The first-order valence-corrected chi connectivity index (χ1v) is 11.7. The van der Waals surface area contributed by atoms with Crippen LogP contribution in [0.1, 0.15) is 78.1 Å². The molecule has 33 heavy (non-hydrogen) atoms. The SMILES string of the molecule is CCC(=O)CCCCC[C@H](NC(=O)OC(C)(C)C)c1ncc(-c2ccc3ncccc3c2)[nH]1. The number of pyridine rings is 1. The first-order valence-electron chi connectivity index (χ1n) is 11.7. The molecule has 2 heterocycles. The number of carbonyl (C=O) groups excluding carboxylic acids is 2. The number of aromatic amines is 1. The highest BCUT2D eigenvalue weighted by atomic mass is 16.6. The smallest absolute Gasteiger partial charge is 0.408 e. The van der Waals surface area contributed by atoms with Gasteiger partial charge in [-0.1, -0.05) is 31.9 Å². The number of nitrogens with one attached hydrogen (secondary N) is 2. The summed E-state index contributed by atoms with van der Waals surface area (Å²) in [6.45, 7) is 7.41. The van der Waals surface area contributed by atoms with Gasteiger partial charge >= 0.3 is 6.09 Å². The molecule has 0 saturated carbocycles. The lowest BCUT2D eigenvalue weighted by molar-refractivity contribution is -0.118. The molecular formula is C26H34N4O3. The molecule has 7 heteroatoms. The van der Waals surface area contributed by atoms with Crippen molar-refractivity contribution in [3.63, 3.8) is 0 Å². The number of fused-ring (bicyclic) bond motifs is 1. The van der Waals surface area contributed by atoms with Crippen LogP contribution in [0.5, 0.6) is 0 Å². The molecule has 1 amide bonds. The molecule has 0 spiro atoms. The molecule has 0 aliphatic carbocycles. The van der Waals surface area contributed by atoms with E-state index in [-0.39, 0.29) is 6.04 Å². The molecule has 1 atom stereocenters. The number of unbranched alkanes of at least 4 members (excludes halogenated alkanes) is 2. The Balaban J connectivity index is 1.72. The fourth-order valence-corrected chi connectivity index (χ4v) is 3.65. The lowest BCUT2D eigenvalue weighted by atomic mass is 10.0. The number of Topliss-reactive ketones (excluding diaryl/α,β-unsaturated/α-hetero) is 1. The summed E-state index contributed by atoms with van der Waals surface area (Å²) < 4.78 is 5.46. The van der Waals surface area contributed by atoms with Crippen molar-refractivity contribution in [3.8, 4) is 11.3 Å². The minimum absolute atomic E-state index is 0.291. The van der Waals surface area contributed by atoms with E-state index in [9.17, 15) is 9.59 Å². The van der Waals surface area contributed by atoms with Gasteiger partial charge in [-0.15, -0.1) is 0 Å². The van der Waals surface area contributed by atoms with Gasteiger partial charge in [0, 0.05) is 30.0 Å². The zero-order valence-electron chi connectivity index (χ0n) is 20.0. The minimum atomic E-state index is -0.581. The van der Waals surface area contributed by atoms with E-state index >= 15 is 0 Å². The Bertz CT molecular complexity index is 1080. The Morgan fingerprint density at radius 3 is 2.70 bits per heavy atom. The topological polar surface area (TPSA) is 97.0 Å². The Morgan fingerprint density at radius 1 is 1.12 bits per heavy atom. The van der Waals surface area contributed by atoms with E-state index in [1.165, 1.54) is 0 Å². The summed E-state index contributed by atoms with van der Waals surface area (Å²) in [7, 11) is 0. The second kappa shape index (κ2) is 11.1. The van der Waals surface area contributed by atoms with Crippen molar-refractivity contribution < 1.29 is 14.3 Å². The molecule has 0 radical (unpaired) electrons. The lowest BCUT2D eigenvalue weighted by Crippen LogP contribution is -2.35. The summed E-state index contributed by atoms with van der Waals surface area (Å²) >= 11 is 0. The van der Waals surface area contributed by atoms with Crippen molar-refractivity contribution in [2.75, 3.05) is 0 Å². The van der Waals surface area contributed by atoms with Gasteiger partial charge in [0.25, 0.3) is 0 Å². The van der Waals surface area contributed by atoms with Gasteiger partial charge in [-0.25, -0.2) is 9.78 Å². The number of hydrogen-bond donors (Lipinski definition) is 2. The molecule has 176 valence electrons. The van der Waals surface area contributed by atoms with Crippen LogP contribution in [-0.4, -0.2) is 32.4 Å². The van der Waals surface area contributed by atoms with E-state index in [0.29, 0.717) is 30.9 Å². The van der Waals surface area contributed by atoms with E-state index in [1.807, 2.05) is 52.0 Å². The van der Waals surface area contributed by atoms with Gasteiger partial charge in [0.1, 0.15) is 17.2 Å². The Labute approximate surface area is 195 Å². The summed E-state index contributed by atoms with van der Waals surface area (Å²) in [4.78, 5) is 36.3. The zero-order chi connectivity index (χ0) is 23.8. The number of ketones is 1. The van der Waals surface area contributed by atoms with Gasteiger partial charge in [0.2, 0.25) is 0 Å². The van der Waals surface area contributed by atoms with E-state index in [1.54, 1.807) is 12.4 Å². The maximum Gasteiger partial charge on any atom is 0.408 e. The standard InChI is InChI=1S/C26H34N4O3/c1-5-20(31)11-7-6-8-12-22(30-25(32)33-26(2,3)4)24-28-17-23(29-24)19-13-14-21-18(16-19)10-9-15-27-21/h9-10,13-17,22H,5-8,11-12H2,1-4H3,(H,28,29)(H,30,32)/t22-/m0/s1. The second-order valence-corrected chi connectivity index (χ2v) is 9.28. The number of benzene rings is 1. The average molecular weight is 451 g/mol. The Hall–Kier alpha value is -3.22. The number of nitrogens with zero attached hydrogens (tertiary/aromatic N) is 2. The van der Waals surface area contributed by atoms with Crippen LogP contribution in [0.4, 0.5) is 4.79 Å². The van der Waals surface area contributed by atoms with Gasteiger partial charge in [-0.3, -0.25) is 9.78 Å². The third kappa shape index (κ3) is 7.41. The van der Waals surface area contributed by atoms with E-state index in [4.69, 9.17) is 4.74 Å². The quantitative estimate of drug-likeness (QED) is 0.363. The molecular weight excluding hydrogens is 416 g/mol. The minimum Gasteiger partial charge on any atom is -0.444 e. The first kappa shape index (κ1) is 24.4. The summed E-state index contributed by atoms with van der Waals surface area (Å²) in [5.74, 6) is 0.978. The van der Waals surface area contributed by atoms with Crippen LogP contribution in [0.25, 0.3) is 22.2 Å². The van der Waals surface area contributed by atoms with E-state index in [0.717, 1.165) is 41.4 Å². The highest BCUT2D eigenvalue weighted by Crippen LogP contribution is 2.25. The third-order valence-electron chi connectivity index (χ3n) is 5.37. The van der Waals surface area contributed by atoms with Crippen LogP contribution in [0.15, 0.2) is 42.7 Å². The van der Waals surface area contributed by atoms with Crippen LogP contribution >= 0.6 is 0 Å². The Morgan fingerprint density at radius 2 is 1.94 bits per heavy atom. The fraction of sp³-hybridized carbons (Fsp3) is 0.462. The predicted octanol–water partition coefficient (Wildman–Crippen LogP) is 6.12. The summed E-state index contributed by atoms with van der Waals surface area (Å²) in [5, 5.41) is 4.02. The molecule has 2 aromatic heterocycles. The van der Waals surface area contributed by atoms with Crippen molar-refractivity contribution in [2.24, 2.45) is 0 Å². The van der Waals surface area contributed by atoms with Crippen molar-refractivity contribution in [1.29, 1.82) is 0 Å². The highest BCUT2D eigenvalue weighted by Gasteiger charge is 2.22. The number of amides is 1. The van der Waals surface area contributed by atoms with Crippen molar-refractivity contribution in [1.82, 2.24) is 20.3 Å². The maximum atomic E-state index is 12.5. The number of rotatable bonds is 10. The number of alkyl carbamates (subject to hydrolysis) is 1. The summed E-state index contributed by atoms with van der Waals surface area (Å²) in [5.41, 5.74) is 2.23. The van der Waals surface area contributed by atoms with E-state index < -0.39 is 11.7 Å². The number of carbonyl (C=O) groups is 2. The Kier molecular flexibility index (Phi) is 8.20. The zero-order valence-corrected chi connectivity index (χ0v) is 20.0. The van der Waals surface area contributed by atoms with Crippen molar-refractivity contribution in [3.05, 3.63) is 48.5 Å². The van der Waals surface area contributed by atoms with Crippen LogP contribution in [0, 0.1) is 0 Å². The number of ether oxygens (including phenoxy) is 1. The van der Waals surface area contributed by atoms with Crippen LogP contribution in [-0.2, 0) is 9.53 Å². The first-order chi connectivity index (χ1) is 15.7. The molecule has 3 rings (SSSR count).